The van der Waals surface area contributed by atoms with E-state index in [4.69, 9.17) is 49.7 Å². The zero-order chi connectivity index (χ0) is 18.8. The minimum Gasteiger partial charge on any atom is -2.00 e. The van der Waals surface area contributed by atoms with Crippen LogP contribution in [0.4, 0.5) is 0 Å². The summed E-state index contributed by atoms with van der Waals surface area (Å²) in [6.45, 7) is 10.8. The number of hydrogen-bond acceptors (Lipinski definition) is 4. The second-order valence-electron chi connectivity index (χ2n) is 6.17. The first-order chi connectivity index (χ1) is 11.4. The summed E-state index contributed by atoms with van der Waals surface area (Å²) < 4.78 is 1.01. The van der Waals surface area contributed by atoms with E-state index in [-0.39, 0.29) is 48.1 Å². The Morgan fingerprint density at radius 1 is 0.741 bits per heavy atom. The number of hydrogen-bond donors (Lipinski definition) is 2. The predicted molar refractivity (Wildman–Crippen MR) is 137 cm³/mol. The molecule has 0 aliphatic heterocycles. The van der Waals surface area contributed by atoms with E-state index in [2.05, 4.69) is 38.3 Å². The average molecular weight is 569 g/mol. The molecule has 2 nitrogen and oxygen atoms in total. The van der Waals surface area contributed by atoms with E-state index < -0.39 is 0 Å². The number of rotatable bonds is 12. The van der Waals surface area contributed by atoms with Gasteiger partial charge in [-0.3, -0.25) is 0 Å². The van der Waals surface area contributed by atoms with Gasteiger partial charge in [-0.25, -0.2) is 0 Å². The second-order valence-corrected chi connectivity index (χ2v) is 8.32. The molecule has 0 aliphatic carbocycles. The van der Waals surface area contributed by atoms with Crippen molar-refractivity contribution >= 4 is 85.3 Å². The van der Waals surface area contributed by atoms with Gasteiger partial charge < -0.3 is 87.3 Å². The second kappa shape index (κ2) is 29.8. The van der Waals surface area contributed by atoms with Crippen LogP contribution in [0.1, 0.15) is 79.1 Å². The van der Waals surface area contributed by atoms with E-state index in [0.29, 0.717) is 8.64 Å². The summed E-state index contributed by atoms with van der Waals surface area (Å²) in [4.78, 5) is 0. The summed E-state index contributed by atoms with van der Waals surface area (Å²) >= 11 is 19.1. The Hall–Kier alpha value is 1.61. The van der Waals surface area contributed by atoms with Crippen LogP contribution in [0.15, 0.2) is 0 Å². The Labute approximate surface area is 219 Å². The van der Waals surface area contributed by atoms with Crippen LogP contribution in [-0.2, 0) is 73.3 Å². The fraction of sp³-hybridized carbons (Fsp3) is 0.889. The molecule has 0 saturated carbocycles. The minimum absolute atomic E-state index is 0. The molecule has 0 aromatic carbocycles. The first kappa shape index (κ1) is 39.1. The number of unbranched alkanes of at least 4 members (excludes halogenated alkanes) is 2. The maximum atomic E-state index is 4.78. The van der Waals surface area contributed by atoms with Crippen molar-refractivity contribution in [3.8, 4) is 0 Å². The zero-order valence-corrected chi connectivity index (χ0v) is 24.0. The third-order valence-corrected chi connectivity index (χ3v) is 4.73. The summed E-state index contributed by atoms with van der Waals surface area (Å²) in [5.41, 5.74) is 0. The molecule has 0 radical (unpaired) electrons. The molecule has 0 amide bonds. The van der Waals surface area contributed by atoms with Crippen LogP contribution in [0.5, 0.6) is 0 Å². The standard InChI is InChI=1S/2C9H19NS2.Mo.2S/c2*1-3-5-6-8(4-2)7-10-9(11)12;;;/h2*8H,3-7H2,1-2H3,(H2,10,11,12);;;/q;;;2*-2/p-2. The Kier molecular flexibility index (Phi) is 43.2. The van der Waals surface area contributed by atoms with Crippen molar-refractivity contribution in [1.29, 1.82) is 0 Å². The normalized spacial score (nSPS) is 11.1. The molecule has 0 heterocycles. The fourth-order valence-electron chi connectivity index (χ4n) is 2.34. The zero-order valence-electron chi connectivity index (χ0n) is 17.1. The maximum Gasteiger partial charge on any atom is 0.0160 e. The van der Waals surface area contributed by atoms with Crippen molar-refractivity contribution in [1.82, 2.24) is 10.6 Å². The van der Waals surface area contributed by atoms with Gasteiger partial charge in [0, 0.05) is 34.2 Å². The Balaban J connectivity index is -0.000000108. The molecule has 0 aliphatic rings. The monoisotopic (exact) mass is 570 g/mol. The molecule has 2 N–H and O–H groups in total. The van der Waals surface area contributed by atoms with Crippen molar-refractivity contribution in [3.05, 3.63) is 0 Å². The Morgan fingerprint density at radius 3 is 1.22 bits per heavy atom. The van der Waals surface area contributed by atoms with Crippen LogP contribution < -0.4 is 10.6 Å². The summed E-state index contributed by atoms with van der Waals surface area (Å²) in [5, 5.41) is 6.10. The quantitative estimate of drug-likeness (QED) is 0.190. The van der Waals surface area contributed by atoms with Crippen LogP contribution in [0.25, 0.3) is 0 Å². The van der Waals surface area contributed by atoms with Gasteiger partial charge in [0.1, 0.15) is 0 Å². The van der Waals surface area contributed by atoms with E-state index in [0.717, 1.165) is 24.9 Å². The molecule has 0 bridgehead atoms. The van der Waals surface area contributed by atoms with Crippen LogP contribution in [-0.4, -0.2) is 21.7 Å². The summed E-state index contributed by atoms with van der Waals surface area (Å²) in [6, 6.07) is 0. The third kappa shape index (κ3) is 32.5. The molecule has 0 saturated heterocycles. The predicted octanol–water partition coefficient (Wildman–Crippen LogP) is 5.24. The summed E-state index contributed by atoms with van der Waals surface area (Å²) in [7, 11) is 0. The molecule has 0 aromatic rings. The SMILES string of the molecule is CCCCC(CC)CNC(=S)[S-].CCCCC(CC)CNC(=S)[S-].[Mo].[S-2].[S-2]. The van der Waals surface area contributed by atoms with Crippen molar-refractivity contribution in [3.63, 3.8) is 0 Å². The molecular formula is C18H36MoN2S6-6. The van der Waals surface area contributed by atoms with Crippen LogP contribution >= 0.6 is 24.4 Å². The first-order valence-corrected chi connectivity index (χ1v) is 10.9. The smallest absolute Gasteiger partial charge is 0.0160 e. The van der Waals surface area contributed by atoms with E-state index in [1.54, 1.807) is 0 Å². The fourth-order valence-corrected chi connectivity index (χ4v) is 2.68. The topological polar surface area (TPSA) is 24.1 Å². The van der Waals surface area contributed by atoms with Crippen molar-refractivity contribution in [2.75, 3.05) is 13.1 Å². The van der Waals surface area contributed by atoms with E-state index in [1.165, 1.54) is 51.4 Å². The molecule has 2 unspecified atom stereocenters. The van der Waals surface area contributed by atoms with E-state index in [1.807, 2.05) is 0 Å². The molecule has 0 aromatic heterocycles. The molecule has 0 spiro atoms. The van der Waals surface area contributed by atoms with E-state index in [9.17, 15) is 0 Å². The Morgan fingerprint density at radius 2 is 1.04 bits per heavy atom. The Bertz CT molecular complexity index is 292. The van der Waals surface area contributed by atoms with Gasteiger partial charge in [-0.15, -0.1) is 0 Å². The molecule has 0 fully saturated rings. The first-order valence-electron chi connectivity index (χ1n) is 9.30. The number of nitrogens with one attached hydrogen (secondary N) is 2. The van der Waals surface area contributed by atoms with Crippen LogP contribution in [0, 0.1) is 11.8 Å². The van der Waals surface area contributed by atoms with Crippen molar-refractivity contribution in [2.24, 2.45) is 11.8 Å². The maximum absolute atomic E-state index is 4.78. The molecular weight excluding hydrogens is 533 g/mol. The molecule has 9 heteroatoms. The van der Waals surface area contributed by atoms with Gasteiger partial charge >= 0.3 is 0 Å². The van der Waals surface area contributed by atoms with Gasteiger partial charge in [0.25, 0.3) is 0 Å². The average Bonchev–Trinajstić information content (AvgIpc) is 2.55. The van der Waals surface area contributed by atoms with Crippen molar-refractivity contribution < 1.29 is 21.1 Å². The number of thiocarbonyl (C=S) groups is 2. The van der Waals surface area contributed by atoms with Gasteiger partial charge in [0.2, 0.25) is 0 Å². The van der Waals surface area contributed by atoms with Crippen molar-refractivity contribution in [2.45, 2.75) is 79.1 Å². The van der Waals surface area contributed by atoms with Gasteiger partial charge in [-0.05, 0) is 24.7 Å². The molecule has 166 valence electrons. The molecule has 0 rings (SSSR count). The van der Waals surface area contributed by atoms with Gasteiger partial charge in [0.15, 0.2) is 0 Å². The van der Waals surface area contributed by atoms with Gasteiger partial charge in [-0.2, -0.15) is 0 Å². The molecule has 2 atom stereocenters. The third-order valence-electron chi connectivity index (χ3n) is 4.16. The van der Waals surface area contributed by atoms with Gasteiger partial charge in [-0.1, -0.05) is 74.9 Å². The van der Waals surface area contributed by atoms with Gasteiger partial charge in [0.05, 0.1) is 0 Å². The minimum atomic E-state index is 0. The molecule has 27 heavy (non-hydrogen) atoms. The van der Waals surface area contributed by atoms with E-state index >= 15 is 0 Å². The largest absolute Gasteiger partial charge is 2.00 e. The summed E-state index contributed by atoms with van der Waals surface area (Å²) in [6.07, 6.45) is 10.2. The van der Waals surface area contributed by atoms with Crippen LogP contribution in [0.2, 0.25) is 0 Å². The summed E-state index contributed by atoms with van der Waals surface area (Å²) in [5.74, 6) is 1.48. The van der Waals surface area contributed by atoms with Crippen LogP contribution in [0.3, 0.4) is 0 Å².